The second kappa shape index (κ2) is 8.37. The van der Waals surface area contributed by atoms with Gasteiger partial charge in [0.25, 0.3) is 5.84 Å². The lowest BCUT2D eigenvalue weighted by atomic mass is 10.0. The van der Waals surface area contributed by atoms with Crippen molar-refractivity contribution in [2.75, 3.05) is 27.7 Å². The third-order valence-electron chi connectivity index (χ3n) is 4.05. The van der Waals surface area contributed by atoms with E-state index < -0.39 is 23.9 Å². The molecule has 140 valence electrons. The summed E-state index contributed by atoms with van der Waals surface area (Å²) in [4.78, 5) is 52.2. The third kappa shape index (κ3) is 4.32. The number of aliphatic imine (C=N–C) groups is 1. The molecule has 0 aromatic carbocycles. The summed E-state index contributed by atoms with van der Waals surface area (Å²) in [5.41, 5.74) is 0.371. The number of unbranched alkanes of at least 4 members (excludes halogenated alkanes) is 1. The highest BCUT2D eigenvalue weighted by atomic mass is 16.5. The van der Waals surface area contributed by atoms with Gasteiger partial charge in [-0.05, 0) is 18.9 Å². The van der Waals surface area contributed by atoms with Crippen LogP contribution in [0.2, 0.25) is 0 Å². The number of carbonyl (C=O) groups is 4. The predicted molar refractivity (Wildman–Crippen MR) is 91.8 cm³/mol. The van der Waals surface area contributed by atoms with E-state index in [1.165, 1.54) is 32.0 Å². The van der Waals surface area contributed by atoms with Crippen LogP contribution in [0.1, 0.15) is 19.3 Å². The van der Waals surface area contributed by atoms with E-state index in [2.05, 4.69) is 20.4 Å². The number of imide groups is 1. The zero-order valence-electron chi connectivity index (χ0n) is 14.9. The van der Waals surface area contributed by atoms with Gasteiger partial charge in [0, 0.05) is 13.0 Å². The Morgan fingerprint density at radius 2 is 2.08 bits per heavy atom. The van der Waals surface area contributed by atoms with Gasteiger partial charge in [0.2, 0.25) is 0 Å². The zero-order valence-corrected chi connectivity index (χ0v) is 14.9. The summed E-state index contributed by atoms with van der Waals surface area (Å²) in [5, 5.41) is 5.27. The van der Waals surface area contributed by atoms with Crippen LogP contribution in [-0.4, -0.2) is 73.2 Å². The van der Waals surface area contributed by atoms with Crippen molar-refractivity contribution in [1.82, 2.24) is 15.5 Å². The van der Waals surface area contributed by atoms with Gasteiger partial charge in [-0.2, -0.15) is 9.48 Å². The summed E-state index contributed by atoms with van der Waals surface area (Å²) in [6, 6.07) is -0.891. The Kier molecular flexibility index (Phi) is 6.21. The molecule has 0 bridgehead atoms. The second-order valence-electron chi connectivity index (χ2n) is 5.87. The van der Waals surface area contributed by atoms with Crippen molar-refractivity contribution in [3.8, 4) is 0 Å². The van der Waals surface area contributed by atoms with E-state index in [1.807, 2.05) is 0 Å². The fraction of sp³-hybridized carbons (Fsp3) is 0.500. The van der Waals surface area contributed by atoms with Gasteiger partial charge in [0.1, 0.15) is 6.21 Å². The van der Waals surface area contributed by atoms with E-state index in [0.717, 1.165) is 4.90 Å². The van der Waals surface area contributed by atoms with Crippen LogP contribution in [0.4, 0.5) is 9.59 Å². The Labute approximate surface area is 150 Å². The van der Waals surface area contributed by atoms with Gasteiger partial charge >= 0.3 is 23.9 Å². The fourth-order valence-electron chi connectivity index (χ4n) is 2.56. The molecule has 0 saturated heterocycles. The molecule has 2 rings (SSSR count). The van der Waals surface area contributed by atoms with Crippen molar-refractivity contribution in [2.24, 2.45) is 10.9 Å². The SMILES string of the molecule is COC(=O)CCCCNC(=O)NC1=CC2C(=O)N(C)C(=O)[N+](C)=C2N=C1. The van der Waals surface area contributed by atoms with Crippen molar-refractivity contribution < 1.29 is 28.5 Å². The van der Waals surface area contributed by atoms with Crippen LogP contribution in [0.25, 0.3) is 0 Å². The molecular formula is C16H22N5O5+. The fourth-order valence-corrected chi connectivity index (χ4v) is 2.56. The van der Waals surface area contributed by atoms with E-state index in [4.69, 9.17) is 0 Å². The van der Waals surface area contributed by atoms with E-state index >= 15 is 0 Å². The summed E-state index contributed by atoms with van der Waals surface area (Å²) in [6.45, 7) is 0.396. The molecule has 0 aromatic rings. The number of hydrogen-bond donors (Lipinski definition) is 2. The van der Waals surface area contributed by atoms with Crippen molar-refractivity contribution >= 4 is 36.0 Å². The Bertz CT molecular complexity index is 725. The smallest absolute Gasteiger partial charge is 0.445 e. The first-order chi connectivity index (χ1) is 12.3. The van der Waals surface area contributed by atoms with Gasteiger partial charge in [0.15, 0.2) is 5.92 Å². The van der Waals surface area contributed by atoms with Gasteiger partial charge in [-0.15, -0.1) is 4.99 Å². The van der Waals surface area contributed by atoms with Crippen LogP contribution < -0.4 is 10.6 Å². The van der Waals surface area contributed by atoms with Crippen LogP contribution >= 0.6 is 0 Å². The van der Waals surface area contributed by atoms with Gasteiger partial charge in [-0.25, -0.2) is 9.59 Å². The molecule has 0 spiro atoms. The van der Waals surface area contributed by atoms with Crippen LogP contribution in [0.3, 0.4) is 0 Å². The number of amides is 5. The van der Waals surface area contributed by atoms with Crippen molar-refractivity contribution in [3.63, 3.8) is 0 Å². The van der Waals surface area contributed by atoms with Crippen molar-refractivity contribution in [2.45, 2.75) is 19.3 Å². The Balaban J connectivity index is 1.87. The maximum atomic E-state index is 12.2. The number of hydrogen-bond acceptors (Lipinski definition) is 6. The molecule has 2 aliphatic heterocycles. The molecule has 1 atom stereocenters. The highest BCUT2D eigenvalue weighted by Gasteiger charge is 2.44. The highest BCUT2D eigenvalue weighted by Crippen LogP contribution is 2.18. The maximum absolute atomic E-state index is 12.2. The number of nitrogens with one attached hydrogen (secondary N) is 2. The quantitative estimate of drug-likeness (QED) is 0.386. The molecule has 0 aromatic heterocycles. The number of fused-ring (bicyclic) bond motifs is 1. The average Bonchev–Trinajstić information content (AvgIpc) is 2.64. The van der Waals surface area contributed by atoms with Crippen molar-refractivity contribution in [1.29, 1.82) is 0 Å². The van der Waals surface area contributed by atoms with Gasteiger partial charge in [-0.1, -0.05) is 0 Å². The monoisotopic (exact) mass is 364 g/mol. The number of amidine groups is 1. The van der Waals surface area contributed by atoms with Gasteiger partial charge < -0.3 is 15.4 Å². The molecule has 1 unspecified atom stereocenters. The summed E-state index contributed by atoms with van der Waals surface area (Å²) in [7, 11) is 4.27. The minimum absolute atomic E-state index is 0.282. The molecular weight excluding hydrogens is 342 g/mol. The largest absolute Gasteiger partial charge is 0.469 e. The first-order valence-electron chi connectivity index (χ1n) is 8.14. The normalized spacial score (nSPS) is 19.1. The summed E-state index contributed by atoms with van der Waals surface area (Å²) in [6.07, 6.45) is 4.50. The molecule has 0 saturated carbocycles. The van der Waals surface area contributed by atoms with Crippen LogP contribution in [0.5, 0.6) is 0 Å². The van der Waals surface area contributed by atoms with Crippen LogP contribution in [0, 0.1) is 5.92 Å². The van der Waals surface area contributed by atoms with Gasteiger partial charge in [0.05, 0.1) is 26.9 Å². The lowest BCUT2D eigenvalue weighted by molar-refractivity contribution is -0.407. The Morgan fingerprint density at radius 1 is 1.35 bits per heavy atom. The standard InChI is InChI=1S/C16H21N5O5/c1-20-13-11(14(23)21(2)16(20)25)8-10(9-18-13)19-15(24)17-7-5-4-6-12(22)26-3/h8-9,11H,4-7H2,1-3H3,(H-,17,19,24)/p+1. The number of urea groups is 2. The molecule has 10 heteroatoms. The number of rotatable bonds is 6. The molecule has 26 heavy (non-hydrogen) atoms. The first kappa shape index (κ1) is 19.3. The van der Waals surface area contributed by atoms with Crippen molar-refractivity contribution in [3.05, 3.63) is 11.8 Å². The third-order valence-corrected chi connectivity index (χ3v) is 4.05. The number of dihydropyridines is 1. The highest BCUT2D eigenvalue weighted by molar-refractivity contribution is 6.15. The minimum Gasteiger partial charge on any atom is -0.469 e. The number of esters is 1. The van der Waals surface area contributed by atoms with E-state index in [0.29, 0.717) is 37.3 Å². The minimum atomic E-state index is -0.719. The number of allylic oxidation sites excluding steroid dienone is 1. The molecule has 5 amide bonds. The van der Waals surface area contributed by atoms with Gasteiger partial charge in [-0.3, -0.25) is 9.59 Å². The number of ether oxygens (including phenoxy) is 1. The van der Waals surface area contributed by atoms with E-state index in [1.54, 1.807) is 6.08 Å². The van der Waals surface area contributed by atoms with Crippen LogP contribution in [-0.2, 0) is 14.3 Å². The first-order valence-corrected chi connectivity index (χ1v) is 8.14. The number of nitrogens with zero attached hydrogens (tertiary/aromatic N) is 3. The topological polar surface area (TPSA) is 120 Å². The second-order valence-corrected chi connectivity index (χ2v) is 5.87. The summed E-state index contributed by atoms with van der Waals surface area (Å²) in [5.74, 6) is -1.08. The molecule has 2 aliphatic rings. The van der Waals surface area contributed by atoms with E-state index in [9.17, 15) is 19.2 Å². The summed E-state index contributed by atoms with van der Waals surface area (Å²) < 4.78 is 5.84. The van der Waals surface area contributed by atoms with E-state index in [-0.39, 0.29) is 5.97 Å². The maximum Gasteiger partial charge on any atom is 0.445 e. The number of carbonyl (C=O) groups excluding carboxylic acids is 4. The molecule has 2 N–H and O–H groups in total. The Hall–Kier alpha value is -3.04. The number of methoxy groups -OCH3 is 1. The molecule has 0 aliphatic carbocycles. The zero-order chi connectivity index (χ0) is 19.3. The average molecular weight is 364 g/mol. The summed E-state index contributed by atoms with van der Waals surface area (Å²) >= 11 is 0. The molecule has 2 heterocycles. The lowest BCUT2D eigenvalue weighted by Crippen LogP contribution is -2.52. The van der Waals surface area contributed by atoms with Crippen LogP contribution in [0.15, 0.2) is 16.8 Å². The molecule has 10 nitrogen and oxygen atoms in total. The lowest BCUT2D eigenvalue weighted by Gasteiger charge is -2.23. The Morgan fingerprint density at radius 3 is 2.77 bits per heavy atom. The molecule has 0 fully saturated rings. The predicted octanol–water partition coefficient (Wildman–Crippen LogP) is -0.154. The molecule has 0 radical (unpaired) electrons.